The Labute approximate surface area is 114 Å². The van der Waals surface area contributed by atoms with Gasteiger partial charge >= 0.3 is 0 Å². The number of aryl methyl sites for hydroxylation is 2. The lowest BCUT2D eigenvalue weighted by molar-refractivity contribution is 0.421. The Balaban J connectivity index is 2.05. The van der Waals surface area contributed by atoms with E-state index in [-0.39, 0.29) is 11.1 Å². The molecule has 0 amide bonds. The van der Waals surface area contributed by atoms with Gasteiger partial charge < -0.3 is 4.52 Å². The van der Waals surface area contributed by atoms with Crippen molar-refractivity contribution in [2.75, 3.05) is 0 Å². The first-order chi connectivity index (χ1) is 9.65. The highest BCUT2D eigenvalue weighted by Crippen LogP contribution is 2.20. The highest BCUT2D eigenvalue weighted by molar-refractivity contribution is 5.89. The minimum Gasteiger partial charge on any atom is -0.355 e. The molecule has 0 aliphatic carbocycles. The Morgan fingerprint density at radius 3 is 2.65 bits per heavy atom. The Kier molecular flexibility index (Phi) is 2.95. The molecular weight excluding hydrogens is 254 g/mol. The highest BCUT2D eigenvalue weighted by atomic mass is 16.5. The van der Waals surface area contributed by atoms with E-state index in [0.717, 1.165) is 5.56 Å². The molecule has 0 bridgehead atoms. The van der Waals surface area contributed by atoms with Crippen molar-refractivity contribution in [2.45, 2.75) is 13.8 Å². The third-order valence-corrected chi connectivity index (χ3v) is 3.13. The summed E-state index contributed by atoms with van der Waals surface area (Å²) in [7, 11) is 0. The fourth-order valence-corrected chi connectivity index (χ4v) is 2.01. The van der Waals surface area contributed by atoms with Crippen molar-refractivity contribution in [3.05, 3.63) is 57.2 Å². The van der Waals surface area contributed by atoms with Gasteiger partial charge in [0.15, 0.2) is 11.3 Å². The zero-order valence-corrected chi connectivity index (χ0v) is 11.2. The first-order valence-electron chi connectivity index (χ1n) is 6.24. The third-order valence-electron chi connectivity index (χ3n) is 3.13. The molecule has 0 unspecified atom stereocenters. The molecule has 0 radical (unpaired) electrons. The van der Waals surface area contributed by atoms with Gasteiger partial charge in [-0.25, -0.2) is 5.10 Å². The molecule has 0 aliphatic heterocycles. The Hall–Kier alpha value is -2.69. The molecule has 1 aromatic carbocycles. The van der Waals surface area contributed by atoms with Crippen LogP contribution in [0.25, 0.3) is 23.1 Å². The van der Waals surface area contributed by atoms with Gasteiger partial charge in [-0.05, 0) is 25.5 Å². The average molecular weight is 267 g/mol. The molecule has 5 heteroatoms. The number of aromatic amines is 1. The van der Waals surface area contributed by atoms with E-state index in [9.17, 15) is 4.79 Å². The molecule has 2 heterocycles. The summed E-state index contributed by atoms with van der Waals surface area (Å²) in [5.41, 5.74) is 2.88. The van der Waals surface area contributed by atoms with Crippen LogP contribution in [0.3, 0.4) is 0 Å². The number of hydrogen-bond acceptors (Lipinski definition) is 4. The van der Waals surface area contributed by atoms with E-state index >= 15 is 0 Å². The monoisotopic (exact) mass is 267 g/mol. The standard InChI is InChI=1S/C15H13N3O2/c1-9-3-5-11(6-4-9)7-8-12-13-10(2)16-17-15(19)14(13)18-20-12/h3-8H,1-2H3,(H,17,19)/b8-7+. The molecule has 0 spiro atoms. The molecular formula is C15H13N3O2. The molecule has 3 rings (SSSR count). The smallest absolute Gasteiger partial charge is 0.294 e. The van der Waals surface area contributed by atoms with Crippen molar-refractivity contribution in [2.24, 2.45) is 0 Å². The van der Waals surface area contributed by atoms with Crippen molar-refractivity contribution in [1.29, 1.82) is 0 Å². The SMILES string of the molecule is Cc1ccc(/C=C/c2onc3c(=O)[nH]nc(C)c23)cc1. The van der Waals surface area contributed by atoms with Gasteiger partial charge in [-0.2, -0.15) is 5.10 Å². The molecule has 20 heavy (non-hydrogen) atoms. The van der Waals surface area contributed by atoms with Gasteiger partial charge in [-0.3, -0.25) is 4.79 Å². The van der Waals surface area contributed by atoms with Crippen molar-refractivity contribution in [3.8, 4) is 0 Å². The number of benzene rings is 1. The highest BCUT2D eigenvalue weighted by Gasteiger charge is 2.12. The summed E-state index contributed by atoms with van der Waals surface area (Å²) in [6, 6.07) is 8.11. The van der Waals surface area contributed by atoms with Crippen LogP contribution in [0, 0.1) is 13.8 Å². The molecule has 0 atom stereocenters. The molecule has 100 valence electrons. The minimum atomic E-state index is -0.343. The summed E-state index contributed by atoms with van der Waals surface area (Å²) in [4.78, 5) is 11.6. The van der Waals surface area contributed by atoms with Gasteiger partial charge in [0.25, 0.3) is 5.56 Å². The summed E-state index contributed by atoms with van der Waals surface area (Å²) in [5.74, 6) is 0.539. The number of H-pyrrole nitrogens is 1. The van der Waals surface area contributed by atoms with Gasteiger partial charge in [-0.1, -0.05) is 41.1 Å². The lowest BCUT2D eigenvalue weighted by atomic mass is 10.1. The second-order valence-corrected chi connectivity index (χ2v) is 4.65. The maximum atomic E-state index is 11.6. The van der Waals surface area contributed by atoms with E-state index in [2.05, 4.69) is 15.4 Å². The first kappa shape index (κ1) is 12.3. The van der Waals surface area contributed by atoms with Crippen LogP contribution in [0.5, 0.6) is 0 Å². The molecule has 5 nitrogen and oxygen atoms in total. The van der Waals surface area contributed by atoms with Crippen molar-refractivity contribution in [3.63, 3.8) is 0 Å². The van der Waals surface area contributed by atoms with E-state index in [0.29, 0.717) is 16.8 Å². The number of aromatic nitrogens is 3. The second kappa shape index (κ2) is 4.77. The number of fused-ring (bicyclic) bond motifs is 1. The maximum absolute atomic E-state index is 11.6. The number of hydrogen-bond donors (Lipinski definition) is 1. The van der Waals surface area contributed by atoms with E-state index in [4.69, 9.17) is 4.52 Å². The molecule has 0 fully saturated rings. The minimum absolute atomic E-state index is 0.279. The van der Waals surface area contributed by atoms with Crippen LogP contribution < -0.4 is 5.56 Å². The summed E-state index contributed by atoms with van der Waals surface area (Å²) < 4.78 is 5.23. The van der Waals surface area contributed by atoms with Crippen LogP contribution in [-0.2, 0) is 0 Å². The van der Waals surface area contributed by atoms with E-state index in [1.807, 2.05) is 37.3 Å². The fourth-order valence-electron chi connectivity index (χ4n) is 2.01. The largest absolute Gasteiger partial charge is 0.355 e. The zero-order valence-electron chi connectivity index (χ0n) is 11.2. The summed E-state index contributed by atoms with van der Waals surface area (Å²) >= 11 is 0. The van der Waals surface area contributed by atoms with Crippen molar-refractivity contribution < 1.29 is 4.52 Å². The Morgan fingerprint density at radius 2 is 1.90 bits per heavy atom. The van der Waals surface area contributed by atoms with Gasteiger partial charge in [0.2, 0.25) is 0 Å². The molecule has 0 saturated carbocycles. The van der Waals surface area contributed by atoms with Crippen LogP contribution >= 0.6 is 0 Å². The molecule has 3 aromatic rings. The summed E-state index contributed by atoms with van der Waals surface area (Å²) in [6.45, 7) is 3.84. The lowest BCUT2D eigenvalue weighted by Crippen LogP contribution is -2.09. The second-order valence-electron chi connectivity index (χ2n) is 4.65. The van der Waals surface area contributed by atoms with Crippen LogP contribution in [0.2, 0.25) is 0 Å². The van der Waals surface area contributed by atoms with Crippen molar-refractivity contribution >= 4 is 23.1 Å². The fraction of sp³-hybridized carbons (Fsp3) is 0.133. The maximum Gasteiger partial charge on any atom is 0.294 e. The average Bonchev–Trinajstić information content (AvgIpc) is 2.88. The summed E-state index contributed by atoms with van der Waals surface area (Å²) in [5, 5.41) is 10.8. The first-order valence-corrected chi connectivity index (χ1v) is 6.24. The zero-order chi connectivity index (χ0) is 14.1. The predicted octanol–water partition coefficient (Wildman–Crippen LogP) is 2.70. The Morgan fingerprint density at radius 1 is 1.15 bits per heavy atom. The van der Waals surface area contributed by atoms with E-state index < -0.39 is 0 Å². The van der Waals surface area contributed by atoms with E-state index in [1.54, 1.807) is 13.0 Å². The normalized spacial score (nSPS) is 11.5. The van der Waals surface area contributed by atoms with Crippen LogP contribution in [0.4, 0.5) is 0 Å². The quantitative estimate of drug-likeness (QED) is 0.774. The van der Waals surface area contributed by atoms with Crippen molar-refractivity contribution in [1.82, 2.24) is 15.4 Å². The molecule has 2 aromatic heterocycles. The van der Waals surface area contributed by atoms with Crippen LogP contribution in [-0.4, -0.2) is 15.4 Å². The number of nitrogens with zero attached hydrogens (tertiary/aromatic N) is 2. The van der Waals surface area contributed by atoms with Gasteiger partial charge in [0, 0.05) is 0 Å². The van der Waals surface area contributed by atoms with Crippen LogP contribution in [0.1, 0.15) is 22.6 Å². The molecule has 0 aliphatic rings. The third kappa shape index (κ3) is 2.14. The number of rotatable bonds is 2. The van der Waals surface area contributed by atoms with E-state index in [1.165, 1.54) is 5.56 Å². The Bertz CT molecular complexity index is 842. The van der Waals surface area contributed by atoms with Gasteiger partial charge in [-0.15, -0.1) is 0 Å². The van der Waals surface area contributed by atoms with Gasteiger partial charge in [0.05, 0.1) is 11.1 Å². The van der Waals surface area contributed by atoms with Gasteiger partial charge in [0.1, 0.15) is 0 Å². The molecule has 1 N–H and O–H groups in total. The van der Waals surface area contributed by atoms with Crippen LogP contribution in [0.15, 0.2) is 33.6 Å². The topological polar surface area (TPSA) is 71.8 Å². The predicted molar refractivity (Wildman–Crippen MR) is 77.3 cm³/mol. The summed E-state index contributed by atoms with van der Waals surface area (Å²) in [6.07, 6.45) is 3.72. The lowest BCUT2D eigenvalue weighted by Gasteiger charge is -1.95. The number of nitrogens with one attached hydrogen (secondary N) is 1. The molecule has 0 saturated heterocycles.